The fraction of sp³-hybridized carbons (Fsp3) is 0.143. The van der Waals surface area contributed by atoms with Gasteiger partial charge in [-0.25, -0.2) is 19.9 Å². The largest absolute Gasteiger partial charge is 0.424 e. The maximum Gasteiger partial charge on any atom is 0.322 e. The minimum Gasteiger partial charge on any atom is -0.424 e. The van der Waals surface area contributed by atoms with Crippen LogP contribution in [0, 0.1) is 20.8 Å². The Bertz CT molecular complexity index is 1090. The van der Waals surface area contributed by atoms with Crippen LogP contribution in [0.25, 0.3) is 11.0 Å². The van der Waals surface area contributed by atoms with Crippen LogP contribution in [0.3, 0.4) is 0 Å². The molecule has 0 aliphatic carbocycles. The summed E-state index contributed by atoms with van der Waals surface area (Å²) in [6.45, 7) is 5.78. The van der Waals surface area contributed by atoms with Gasteiger partial charge in [-0.15, -0.1) is 0 Å². The molecule has 0 aliphatic rings. The highest BCUT2D eigenvalue weighted by molar-refractivity contribution is 5.77. The van der Waals surface area contributed by atoms with Crippen LogP contribution in [-0.4, -0.2) is 19.9 Å². The van der Waals surface area contributed by atoms with Gasteiger partial charge in [0.1, 0.15) is 5.75 Å². The third-order valence-corrected chi connectivity index (χ3v) is 4.03. The Morgan fingerprint density at radius 2 is 1.37 bits per heavy atom. The van der Waals surface area contributed by atoms with Crippen molar-refractivity contribution < 1.29 is 4.74 Å². The maximum atomic E-state index is 5.75. The lowest BCUT2D eigenvalue weighted by atomic mass is 10.2. The fourth-order valence-corrected chi connectivity index (χ4v) is 2.79. The molecule has 6 heteroatoms. The molecule has 27 heavy (non-hydrogen) atoms. The lowest BCUT2D eigenvalue weighted by molar-refractivity contribution is 0.439. The van der Waals surface area contributed by atoms with E-state index < -0.39 is 0 Å². The molecule has 6 nitrogen and oxygen atoms in total. The summed E-state index contributed by atoms with van der Waals surface area (Å²) in [5, 5.41) is 3.31. The van der Waals surface area contributed by atoms with Crippen molar-refractivity contribution >= 4 is 22.5 Å². The summed E-state index contributed by atoms with van der Waals surface area (Å²) < 4.78 is 5.75. The Labute approximate surface area is 157 Å². The number of nitrogens with zero attached hydrogens (tertiary/aromatic N) is 4. The third-order valence-electron chi connectivity index (χ3n) is 4.03. The van der Waals surface area contributed by atoms with Crippen molar-refractivity contribution in [3.8, 4) is 11.8 Å². The first-order valence-electron chi connectivity index (χ1n) is 8.67. The van der Waals surface area contributed by atoms with Gasteiger partial charge in [0.15, 0.2) is 5.82 Å². The molecule has 0 unspecified atom stereocenters. The van der Waals surface area contributed by atoms with Crippen LogP contribution in [-0.2, 0) is 0 Å². The molecule has 0 saturated heterocycles. The zero-order valence-electron chi connectivity index (χ0n) is 15.4. The summed E-state index contributed by atoms with van der Waals surface area (Å²) in [5.41, 5.74) is 5.24. The molecule has 0 spiro atoms. The summed E-state index contributed by atoms with van der Waals surface area (Å²) in [5.74, 6) is 1.41. The van der Waals surface area contributed by atoms with Gasteiger partial charge in [-0.05, 0) is 63.2 Å². The molecule has 4 aromatic rings. The van der Waals surface area contributed by atoms with Gasteiger partial charge in [0.05, 0.1) is 16.7 Å². The molecule has 0 aliphatic heterocycles. The standard InChI is InChI=1S/C21H19N5O/c1-13-12-14(2)23-21(22-13)27-17-10-8-16(9-11-17)25-20-15(3)24-18-6-4-5-7-19(18)26-20/h4-12H,1-3H3,(H,25,26). The van der Waals surface area contributed by atoms with Crippen molar-refractivity contribution in [2.75, 3.05) is 5.32 Å². The quantitative estimate of drug-likeness (QED) is 0.561. The van der Waals surface area contributed by atoms with Crippen molar-refractivity contribution in [2.24, 2.45) is 0 Å². The lowest BCUT2D eigenvalue weighted by Crippen LogP contribution is -2.00. The second-order valence-corrected chi connectivity index (χ2v) is 6.33. The monoisotopic (exact) mass is 357 g/mol. The smallest absolute Gasteiger partial charge is 0.322 e. The van der Waals surface area contributed by atoms with E-state index in [1.54, 1.807) is 0 Å². The van der Waals surface area contributed by atoms with Gasteiger partial charge < -0.3 is 10.1 Å². The predicted molar refractivity (Wildman–Crippen MR) is 106 cm³/mol. The van der Waals surface area contributed by atoms with E-state index in [1.165, 1.54) is 0 Å². The highest BCUT2D eigenvalue weighted by Crippen LogP contribution is 2.24. The minimum absolute atomic E-state index is 0.351. The summed E-state index contributed by atoms with van der Waals surface area (Å²) in [4.78, 5) is 17.8. The minimum atomic E-state index is 0.351. The number of hydrogen-bond donors (Lipinski definition) is 1. The normalized spacial score (nSPS) is 10.8. The molecule has 2 aromatic carbocycles. The number of ether oxygens (including phenoxy) is 1. The molecule has 134 valence electrons. The Kier molecular flexibility index (Phi) is 4.38. The van der Waals surface area contributed by atoms with Crippen LogP contribution < -0.4 is 10.1 Å². The summed E-state index contributed by atoms with van der Waals surface area (Å²) in [6.07, 6.45) is 0. The van der Waals surface area contributed by atoms with Crippen molar-refractivity contribution in [2.45, 2.75) is 20.8 Å². The molecule has 0 fully saturated rings. The summed E-state index contributed by atoms with van der Waals surface area (Å²) >= 11 is 0. The third kappa shape index (κ3) is 3.84. The van der Waals surface area contributed by atoms with Gasteiger partial charge in [0, 0.05) is 17.1 Å². The Hall–Kier alpha value is -3.54. The van der Waals surface area contributed by atoms with E-state index in [-0.39, 0.29) is 0 Å². The maximum absolute atomic E-state index is 5.75. The zero-order valence-corrected chi connectivity index (χ0v) is 15.4. The Morgan fingerprint density at radius 1 is 0.741 bits per heavy atom. The first kappa shape index (κ1) is 16.9. The van der Waals surface area contributed by atoms with Crippen molar-refractivity contribution in [1.29, 1.82) is 0 Å². The van der Waals surface area contributed by atoms with Gasteiger partial charge in [0.25, 0.3) is 0 Å². The van der Waals surface area contributed by atoms with Gasteiger partial charge in [-0.1, -0.05) is 12.1 Å². The van der Waals surface area contributed by atoms with Gasteiger partial charge in [-0.2, -0.15) is 0 Å². The van der Waals surface area contributed by atoms with E-state index in [2.05, 4.69) is 25.3 Å². The van der Waals surface area contributed by atoms with E-state index in [0.29, 0.717) is 11.8 Å². The number of nitrogens with one attached hydrogen (secondary N) is 1. The first-order valence-corrected chi connectivity index (χ1v) is 8.67. The molecule has 0 atom stereocenters. The fourth-order valence-electron chi connectivity index (χ4n) is 2.79. The number of aromatic nitrogens is 4. The molecule has 2 heterocycles. The van der Waals surface area contributed by atoms with Crippen molar-refractivity contribution in [3.63, 3.8) is 0 Å². The Morgan fingerprint density at radius 3 is 2.04 bits per heavy atom. The topological polar surface area (TPSA) is 72.8 Å². The number of para-hydroxylation sites is 2. The van der Waals surface area contributed by atoms with Crippen LogP contribution in [0.5, 0.6) is 11.8 Å². The van der Waals surface area contributed by atoms with E-state index in [9.17, 15) is 0 Å². The molecule has 1 N–H and O–H groups in total. The molecular formula is C21H19N5O. The number of aryl methyl sites for hydroxylation is 3. The second kappa shape index (κ2) is 6.99. The SMILES string of the molecule is Cc1cc(C)nc(Oc2ccc(Nc3nc4ccccc4nc3C)cc2)n1. The molecule has 0 radical (unpaired) electrons. The summed E-state index contributed by atoms with van der Waals surface area (Å²) in [7, 11) is 0. The molecule has 0 bridgehead atoms. The first-order chi connectivity index (χ1) is 13.1. The number of benzene rings is 2. The van der Waals surface area contributed by atoms with Crippen LogP contribution in [0.4, 0.5) is 11.5 Å². The molecule has 4 rings (SSSR count). The molecule has 2 aromatic heterocycles. The van der Waals surface area contributed by atoms with Gasteiger partial charge in [0.2, 0.25) is 0 Å². The highest BCUT2D eigenvalue weighted by atomic mass is 16.5. The molecule has 0 amide bonds. The lowest BCUT2D eigenvalue weighted by Gasteiger charge is -2.10. The number of rotatable bonds is 4. The molecular weight excluding hydrogens is 338 g/mol. The van der Waals surface area contributed by atoms with Gasteiger partial charge in [-0.3, -0.25) is 0 Å². The number of anilines is 2. The van der Waals surface area contributed by atoms with Crippen molar-refractivity contribution in [1.82, 2.24) is 19.9 Å². The van der Waals surface area contributed by atoms with E-state index in [0.717, 1.165) is 39.6 Å². The van der Waals surface area contributed by atoms with Crippen LogP contribution in [0.15, 0.2) is 54.6 Å². The molecule has 0 saturated carbocycles. The van der Waals surface area contributed by atoms with E-state index in [1.807, 2.05) is 75.4 Å². The van der Waals surface area contributed by atoms with Crippen LogP contribution in [0.2, 0.25) is 0 Å². The summed E-state index contributed by atoms with van der Waals surface area (Å²) in [6, 6.07) is 17.7. The van der Waals surface area contributed by atoms with Crippen LogP contribution in [0.1, 0.15) is 17.1 Å². The van der Waals surface area contributed by atoms with Gasteiger partial charge >= 0.3 is 6.01 Å². The number of fused-ring (bicyclic) bond motifs is 1. The number of hydrogen-bond acceptors (Lipinski definition) is 6. The van der Waals surface area contributed by atoms with E-state index >= 15 is 0 Å². The van der Waals surface area contributed by atoms with Crippen molar-refractivity contribution in [3.05, 3.63) is 71.7 Å². The zero-order chi connectivity index (χ0) is 18.8. The second-order valence-electron chi connectivity index (χ2n) is 6.33. The highest BCUT2D eigenvalue weighted by Gasteiger charge is 2.07. The average molecular weight is 357 g/mol. The average Bonchev–Trinajstić information content (AvgIpc) is 2.63. The van der Waals surface area contributed by atoms with Crippen LogP contribution >= 0.6 is 0 Å². The van der Waals surface area contributed by atoms with E-state index in [4.69, 9.17) is 4.74 Å². The Balaban J connectivity index is 1.53. The predicted octanol–water partition coefficient (Wildman–Crippen LogP) is 4.88.